The van der Waals surface area contributed by atoms with Crippen LogP contribution in [0.15, 0.2) is 24.3 Å². The first-order valence-electron chi connectivity index (χ1n) is 6.85. The van der Waals surface area contributed by atoms with E-state index >= 15 is 0 Å². The summed E-state index contributed by atoms with van der Waals surface area (Å²) in [7, 11) is 0. The van der Waals surface area contributed by atoms with E-state index in [2.05, 4.69) is 15.3 Å². The number of aryl methyl sites for hydroxylation is 1. The second-order valence-electron chi connectivity index (χ2n) is 5.42. The first kappa shape index (κ1) is 12.4. The number of rotatable bonds is 3. The number of aliphatic hydroxyl groups excluding tert-OH is 1. The third-order valence-corrected chi connectivity index (χ3v) is 3.99. The van der Waals surface area contributed by atoms with Crippen LogP contribution >= 0.6 is 0 Å². The topological polar surface area (TPSA) is 58.0 Å². The van der Waals surface area contributed by atoms with Crippen LogP contribution in [0.1, 0.15) is 31.4 Å². The zero-order valence-corrected chi connectivity index (χ0v) is 11.2. The van der Waals surface area contributed by atoms with E-state index in [0.717, 1.165) is 48.2 Å². The van der Waals surface area contributed by atoms with E-state index in [4.69, 9.17) is 0 Å². The second-order valence-corrected chi connectivity index (χ2v) is 5.42. The molecule has 2 aromatic rings. The molecular weight excluding hydrogens is 238 g/mol. The summed E-state index contributed by atoms with van der Waals surface area (Å²) in [6.07, 6.45) is 4.32. The summed E-state index contributed by atoms with van der Waals surface area (Å²) in [5.41, 5.74) is 2.48. The van der Waals surface area contributed by atoms with Gasteiger partial charge in [0.1, 0.15) is 5.82 Å². The number of aliphatic hydroxyl groups is 1. The molecule has 1 aliphatic carbocycles. The molecule has 0 amide bonds. The number of hydrogen-bond acceptors (Lipinski definition) is 4. The van der Waals surface area contributed by atoms with Crippen LogP contribution in [0.4, 0.5) is 5.82 Å². The normalized spacial score (nSPS) is 17.8. The third-order valence-electron chi connectivity index (χ3n) is 3.99. The standard InChI is InChI=1S/C15H19N3O/c1-11-14(18-15(10-19)8-4-5-9-15)17-13-7-3-2-6-12(13)16-11/h2-3,6-7,19H,4-5,8-10H2,1H3,(H,17,18). The number of para-hydroxylation sites is 2. The summed E-state index contributed by atoms with van der Waals surface area (Å²) in [5.74, 6) is 0.801. The van der Waals surface area contributed by atoms with E-state index in [1.165, 1.54) is 0 Å². The molecule has 4 heteroatoms. The second kappa shape index (κ2) is 4.78. The molecular formula is C15H19N3O. The van der Waals surface area contributed by atoms with Crippen molar-refractivity contribution in [2.75, 3.05) is 11.9 Å². The maximum absolute atomic E-state index is 9.67. The lowest BCUT2D eigenvalue weighted by atomic mass is 9.99. The molecule has 3 rings (SSSR count). The van der Waals surface area contributed by atoms with Crippen molar-refractivity contribution in [1.82, 2.24) is 9.97 Å². The van der Waals surface area contributed by atoms with Crippen LogP contribution in [0.3, 0.4) is 0 Å². The highest BCUT2D eigenvalue weighted by atomic mass is 16.3. The smallest absolute Gasteiger partial charge is 0.148 e. The summed E-state index contributed by atoms with van der Waals surface area (Å²) in [4.78, 5) is 9.22. The van der Waals surface area contributed by atoms with Crippen LogP contribution in [-0.2, 0) is 0 Å². The van der Waals surface area contributed by atoms with Gasteiger partial charge in [0.25, 0.3) is 0 Å². The summed E-state index contributed by atoms with van der Waals surface area (Å²) in [6, 6.07) is 7.87. The highest BCUT2D eigenvalue weighted by Crippen LogP contribution is 2.33. The molecule has 0 spiro atoms. The van der Waals surface area contributed by atoms with Gasteiger partial charge in [-0.2, -0.15) is 0 Å². The Morgan fingerprint density at radius 1 is 1.16 bits per heavy atom. The molecule has 1 aromatic heterocycles. The van der Waals surface area contributed by atoms with E-state index in [1.54, 1.807) is 0 Å². The number of hydrogen-bond donors (Lipinski definition) is 2. The van der Waals surface area contributed by atoms with E-state index in [0.29, 0.717) is 0 Å². The predicted octanol–water partition coefficient (Wildman–Crippen LogP) is 2.66. The van der Waals surface area contributed by atoms with Gasteiger partial charge in [-0.15, -0.1) is 0 Å². The monoisotopic (exact) mass is 257 g/mol. The highest BCUT2D eigenvalue weighted by Gasteiger charge is 2.33. The largest absolute Gasteiger partial charge is 0.394 e. The molecule has 0 unspecified atom stereocenters. The van der Waals surface area contributed by atoms with Crippen LogP contribution in [-0.4, -0.2) is 27.2 Å². The number of nitrogens with zero attached hydrogens (tertiary/aromatic N) is 2. The van der Waals surface area contributed by atoms with Crippen molar-refractivity contribution in [3.8, 4) is 0 Å². The molecule has 1 fully saturated rings. The van der Waals surface area contributed by atoms with Crippen molar-refractivity contribution < 1.29 is 5.11 Å². The Balaban J connectivity index is 1.98. The molecule has 19 heavy (non-hydrogen) atoms. The number of aromatic nitrogens is 2. The Kier molecular flexibility index (Phi) is 3.11. The van der Waals surface area contributed by atoms with Crippen molar-refractivity contribution in [3.63, 3.8) is 0 Å². The summed E-state index contributed by atoms with van der Waals surface area (Å²) >= 11 is 0. The van der Waals surface area contributed by atoms with Gasteiger partial charge < -0.3 is 10.4 Å². The van der Waals surface area contributed by atoms with Crippen LogP contribution in [0.2, 0.25) is 0 Å². The van der Waals surface area contributed by atoms with Gasteiger partial charge in [0.2, 0.25) is 0 Å². The molecule has 100 valence electrons. The van der Waals surface area contributed by atoms with Crippen molar-refractivity contribution in [2.45, 2.75) is 38.1 Å². The zero-order valence-electron chi connectivity index (χ0n) is 11.2. The maximum atomic E-state index is 9.67. The molecule has 2 N–H and O–H groups in total. The molecule has 1 aromatic carbocycles. The van der Waals surface area contributed by atoms with E-state index in [-0.39, 0.29) is 12.1 Å². The highest BCUT2D eigenvalue weighted by molar-refractivity contribution is 5.76. The van der Waals surface area contributed by atoms with E-state index < -0.39 is 0 Å². The molecule has 1 heterocycles. The molecule has 0 aliphatic heterocycles. The Hall–Kier alpha value is -1.68. The Labute approximate surface area is 112 Å². The van der Waals surface area contributed by atoms with Crippen LogP contribution < -0.4 is 5.32 Å². The minimum Gasteiger partial charge on any atom is -0.394 e. The SMILES string of the molecule is Cc1nc2ccccc2nc1NC1(CO)CCCC1. The fraction of sp³-hybridized carbons (Fsp3) is 0.467. The Morgan fingerprint density at radius 3 is 2.42 bits per heavy atom. The first-order valence-corrected chi connectivity index (χ1v) is 6.85. The molecule has 1 aliphatic rings. The fourth-order valence-electron chi connectivity index (χ4n) is 2.83. The fourth-order valence-corrected chi connectivity index (χ4v) is 2.83. The number of nitrogens with one attached hydrogen (secondary N) is 1. The minimum absolute atomic E-state index is 0.154. The molecule has 0 atom stereocenters. The van der Waals surface area contributed by atoms with Crippen molar-refractivity contribution in [1.29, 1.82) is 0 Å². The van der Waals surface area contributed by atoms with Gasteiger partial charge in [-0.3, -0.25) is 0 Å². The lowest BCUT2D eigenvalue weighted by Gasteiger charge is -2.29. The van der Waals surface area contributed by atoms with Gasteiger partial charge in [0.05, 0.1) is 28.9 Å². The summed E-state index contributed by atoms with van der Waals surface area (Å²) in [6.45, 7) is 2.11. The molecule has 0 radical (unpaired) electrons. The maximum Gasteiger partial charge on any atom is 0.148 e. The lowest BCUT2D eigenvalue weighted by Crippen LogP contribution is -2.39. The number of fused-ring (bicyclic) bond motifs is 1. The third kappa shape index (κ3) is 2.28. The van der Waals surface area contributed by atoms with Gasteiger partial charge in [-0.25, -0.2) is 9.97 Å². The van der Waals surface area contributed by atoms with Gasteiger partial charge in [0, 0.05) is 0 Å². The lowest BCUT2D eigenvalue weighted by molar-refractivity contribution is 0.213. The van der Waals surface area contributed by atoms with Gasteiger partial charge >= 0.3 is 0 Å². The van der Waals surface area contributed by atoms with E-state index in [1.807, 2.05) is 31.2 Å². The number of benzene rings is 1. The van der Waals surface area contributed by atoms with Crippen molar-refractivity contribution >= 4 is 16.9 Å². The average Bonchev–Trinajstić information content (AvgIpc) is 2.89. The molecule has 1 saturated carbocycles. The van der Waals surface area contributed by atoms with Gasteiger partial charge in [-0.1, -0.05) is 25.0 Å². The Morgan fingerprint density at radius 2 is 1.79 bits per heavy atom. The predicted molar refractivity (Wildman–Crippen MR) is 76.2 cm³/mol. The summed E-state index contributed by atoms with van der Waals surface area (Å²) < 4.78 is 0. The van der Waals surface area contributed by atoms with E-state index in [9.17, 15) is 5.11 Å². The van der Waals surface area contributed by atoms with Crippen molar-refractivity contribution in [3.05, 3.63) is 30.0 Å². The van der Waals surface area contributed by atoms with Crippen molar-refractivity contribution in [2.24, 2.45) is 0 Å². The van der Waals surface area contributed by atoms with Gasteiger partial charge in [-0.05, 0) is 31.9 Å². The Bertz CT molecular complexity index is 591. The molecule has 4 nitrogen and oxygen atoms in total. The first-order chi connectivity index (χ1) is 9.22. The quantitative estimate of drug-likeness (QED) is 0.887. The van der Waals surface area contributed by atoms with Crippen LogP contribution in [0.5, 0.6) is 0 Å². The number of anilines is 1. The minimum atomic E-state index is -0.206. The molecule has 0 bridgehead atoms. The summed E-state index contributed by atoms with van der Waals surface area (Å²) in [5, 5.41) is 13.1. The van der Waals surface area contributed by atoms with Gasteiger partial charge in [0.15, 0.2) is 0 Å². The van der Waals surface area contributed by atoms with Crippen LogP contribution in [0, 0.1) is 6.92 Å². The average molecular weight is 257 g/mol. The molecule has 0 saturated heterocycles. The van der Waals surface area contributed by atoms with Crippen LogP contribution in [0.25, 0.3) is 11.0 Å². The zero-order chi connectivity index (χ0) is 13.3.